The van der Waals surface area contributed by atoms with E-state index in [1.807, 2.05) is 31.3 Å². The molecule has 0 saturated carbocycles. The molecule has 0 aromatic heterocycles. The highest BCUT2D eigenvalue weighted by Crippen LogP contribution is 2.30. The molecule has 2 aromatic rings. The van der Waals surface area contributed by atoms with Gasteiger partial charge in [0.1, 0.15) is 11.6 Å². The zero-order chi connectivity index (χ0) is 13.8. The Morgan fingerprint density at radius 2 is 1.84 bits per heavy atom. The minimum absolute atomic E-state index is 0.150. The Bertz CT molecular complexity index is 557. The van der Waals surface area contributed by atoms with E-state index in [0.717, 1.165) is 11.1 Å². The standard InChI is InChI=1S/C15H15ClFNO/c1-18-15(10-3-5-11(16)6-4-10)13-9-12(17)7-8-14(13)19-2/h3-9,15,18H,1-2H3. The van der Waals surface area contributed by atoms with Gasteiger partial charge in [-0.05, 0) is 42.9 Å². The fraction of sp³-hybridized carbons (Fsp3) is 0.200. The molecule has 0 bridgehead atoms. The van der Waals surface area contributed by atoms with Gasteiger partial charge in [0, 0.05) is 10.6 Å². The second-order valence-electron chi connectivity index (χ2n) is 4.16. The van der Waals surface area contributed by atoms with E-state index >= 15 is 0 Å². The van der Waals surface area contributed by atoms with Crippen molar-refractivity contribution in [1.82, 2.24) is 5.32 Å². The highest BCUT2D eigenvalue weighted by atomic mass is 35.5. The summed E-state index contributed by atoms with van der Waals surface area (Å²) in [6, 6.07) is 11.8. The summed E-state index contributed by atoms with van der Waals surface area (Å²) < 4.78 is 18.8. The largest absolute Gasteiger partial charge is 0.496 e. The Balaban J connectivity index is 2.47. The normalized spacial score (nSPS) is 12.2. The summed E-state index contributed by atoms with van der Waals surface area (Å²) in [6.45, 7) is 0. The van der Waals surface area contributed by atoms with Crippen LogP contribution in [0.4, 0.5) is 4.39 Å². The van der Waals surface area contributed by atoms with Crippen LogP contribution in [-0.4, -0.2) is 14.2 Å². The van der Waals surface area contributed by atoms with Gasteiger partial charge in [-0.1, -0.05) is 23.7 Å². The molecule has 0 fully saturated rings. The summed E-state index contributed by atoms with van der Waals surface area (Å²) >= 11 is 5.88. The minimum Gasteiger partial charge on any atom is -0.496 e. The van der Waals surface area contributed by atoms with Gasteiger partial charge in [0.05, 0.1) is 13.2 Å². The van der Waals surface area contributed by atoms with Gasteiger partial charge in [0.2, 0.25) is 0 Å². The maximum absolute atomic E-state index is 13.5. The molecule has 0 saturated heterocycles. The molecule has 0 heterocycles. The second-order valence-corrected chi connectivity index (χ2v) is 4.60. The second kappa shape index (κ2) is 6.04. The van der Waals surface area contributed by atoms with Gasteiger partial charge >= 0.3 is 0 Å². The van der Waals surface area contributed by atoms with Crippen molar-refractivity contribution in [3.8, 4) is 5.75 Å². The molecule has 1 N–H and O–H groups in total. The maximum atomic E-state index is 13.5. The first kappa shape index (κ1) is 13.8. The summed E-state index contributed by atoms with van der Waals surface area (Å²) in [4.78, 5) is 0. The molecule has 2 rings (SSSR count). The van der Waals surface area contributed by atoms with Crippen molar-refractivity contribution in [2.75, 3.05) is 14.2 Å². The van der Waals surface area contributed by atoms with Crippen LogP contribution in [0, 0.1) is 5.82 Å². The highest BCUT2D eigenvalue weighted by Gasteiger charge is 2.17. The number of halogens is 2. The van der Waals surface area contributed by atoms with Crippen LogP contribution in [0.5, 0.6) is 5.75 Å². The third kappa shape index (κ3) is 3.06. The van der Waals surface area contributed by atoms with E-state index < -0.39 is 0 Å². The van der Waals surface area contributed by atoms with E-state index in [2.05, 4.69) is 5.32 Å². The molecule has 0 amide bonds. The number of hydrogen-bond acceptors (Lipinski definition) is 2. The molecule has 0 radical (unpaired) electrons. The molecule has 0 aliphatic rings. The van der Waals surface area contributed by atoms with Crippen LogP contribution in [0.25, 0.3) is 0 Å². The molecule has 1 atom stereocenters. The van der Waals surface area contributed by atoms with Crippen molar-refractivity contribution in [3.05, 3.63) is 64.4 Å². The number of methoxy groups -OCH3 is 1. The van der Waals surface area contributed by atoms with Crippen LogP contribution in [0.3, 0.4) is 0 Å². The summed E-state index contributed by atoms with van der Waals surface area (Å²) in [5, 5.41) is 3.84. The molecule has 0 aliphatic heterocycles. The SMILES string of the molecule is CNC(c1ccc(Cl)cc1)c1cc(F)ccc1OC. The molecule has 2 nitrogen and oxygen atoms in total. The Hall–Kier alpha value is -1.58. The van der Waals surface area contributed by atoms with E-state index in [0.29, 0.717) is 10.8 Å². The van der Waals surface area contributed by atoms with E-state index in [9.17, 15) is 4.39 Å². The highest BCUT2D eigenvalue weighted by molar-refractivity contribution is 6.30. The lowest BCUT2D eigenvalue weighted by atomic mass is 9.98. The molecular formula is C15H15ClFNO. The molecule has 4 heteroatoms. The van der Waals surface area contributed by atoms with E-state index in [1.54, 1.807) is 13.2 Å². The van der Waals surface area contributed by atoms with Crippen LogP contribution < -0.4 is 10.1 Å². The van der Waals surface area contributed by atoms with Crippen LogP contribution in [0.2, 0.25) is 5.02 Å². The molecule has 0 aliphatic carbocycles. The van der Waals surface area contributed by atoms with Crippen molar-refractivity contribution in [1.29, 1.82) is 0 Å². The van der Waals surface area contributed by atoms with Crippen LogP contribution >= 0.6 is 11.6 Å². The zero-order valence-electron chi connectivity index (χ0n) is 10.8. The van der Waals surface area contributed by atoms with Crippen LogP contribution in [0.1, 0.15) is 17.2 Å². The average Bonchev–Trinajstić information content (AvgIpc) is 2.42. The van der Waals surface area contributed by atoms with Gasteiger partial charge in [-0.25, -0.2) is 4.39 Å². The Morgan fingerprint density at radius 1 is 1.16 bits per heavy atom. The van der Waals surface area contributed by atoms with E-state index in [-0.39, 0.29) is 11.9 Å². The van der Waals surface area contributed by atoms with Gasteiger partial charge in [-0.15, -0.1) is 0 Å². The average molecular weight is 280 g/mol. The van der Waals surface area contributed by atoms with Crippen LogP contribution in [0.15, 0.2) is 42.5 Å². The first-order chi connectivity index (χ1) is 9.15. The Labute approximate surface area is 117 Å². The predicted molar refractivity (Wildman–Crippen MR) is 75.3 cm³/mol. The lowest BCUT2D eigenvalue weighted by Crippen LogP contribution is -2.18. The molecule has 19 heavy (non-hydrogen) atoms. The van der Waals surface area contributed by atoms with Gasteiger partial charge < -0.3 is 10.1 Å². The van der Waals surface area contributed by atoms with Crippen molar-refractivity contribution < 1.29 is 9.13 Å². The maximum Gasteiger partial charge on any atom is 0.124 e. The minimum atomic E-state index is -0.287. The van der Waals surface area contributed by atoms with E-state index in [4.69, 9.17) is 16.3 Å². The molecule has 2 aromatic carbocycles. The number of rotatable bonds is 4. The first-order valence-corrected chi connectivity index (χ1v) is 6.29. The van der Waals surface area contributed by atoms with Crippen molar-refractivity contribution >= 4 is 11.6 Å². The van der Waals surface area contributed by atoms with Gasteiger partial charge in [-0.2, -0.15) is 0 Å². The third-order valence-corrected chi connectivity index (χ3v) is 3.25. The third-order valence-electron chi connectivity index (χ3n) is 2.99. The molecular weight excluding hydrogens is 265 g/mol. The number of ether oxygens (including phenoxy) is 1. The number of nitrogens with one attached hydrogen (secondary N) is 1. The zero-order valence-corrected chi connectivity index (χ0v) is 11.5. The van der Waals surface area contributed by atoms with Gasteiger partial charge in [0.15, 0.2) is 0 Å². The number of hydrogen-bond donors (Lipinski definition) is 1. The summed E-state index contributed by atoms with van der Waals surface area (Å²) in [5.41, 5.74) is 1.75. The van der Waals surface area contributed by atoms with Crippen molar-refractivity contribution in [2.24, 2.45) is 0 Å². The van der Waals surface area contributed by atoms with Crippen molar-refractivity contribution in [2.45, 2.75) is 6.04 Å². The Morgan fingerprint density at radius 3 is 2.42 bits per heavy atom. The number of benzene rings is 2. The molecule has 100 valence electrons. The predicted octanol–water partition coefficient (Wildman–Crippen LogP) is 3.80. The summed E-state index contributed by atoms with van der Waals surface area (Å²) in [7, 11) is 3.40. The van der Waals surface area contributed by atoms with Crippen LogP contribution in [-0.2, 0) is 0 Å². The quantitative estimate of drug-likeness (QED) is 0.919. The van der Waals surface area contributed by atoms with Gasteiger partial charge in [0.25, 0.3) is 0 Å². The summed E-state index contributed by atoms with van der Waals surface area (Å²) in [6.07, 6.45) is 0. The molecule has 1 unspecified atom stereocenters. The van der Waals surface area contributed by atoms with Gasteiger partial charge in [-0.3, -0.25) is 0 Å². The first-order valence-electron chi connectivity index (χ1n) is 5.92. The lowest BCUT2D eigenvalue weighted by Gasteiger charge is -2.20. The smallest absolute Gasteiger partial charge is 0.124 e. The summed E-state index contributed by atoms with van der Waals surface area (Å²) in [5.74, 6) is 0.362. The topological polar surface area (TPSA) is 21.3 Å². The fourth-order valence-corrected chi connectivity index (χ4v) is 2.21. The van der Waals surface area contributed by atoms with E-state index in [1.165, 1.54) is 12.1 Å². The lowest BCUT2D eigenvalue weighted by molar-refractivity contribution is 0.404. The fourth-order valence-electron chi connectivity index (χ4n) is 2.09. The Kier molecular flexibility index (Phi) is 4.40. The molecule has 0 spiro atoms. The monoisotopic (exact) mass is 279 g/mol. The van der Waals surface area contributed by atoms with Crippen molar-refractivity contribution in [3.63, 3.8) is 0 Å².